The molecule has 1 aromatic heterocycles. The first-order valence-corrected chi connectivity index (χ1v) is 8.50. The highest BCUT2D eigenvalue weighted by molar-refractivity contribution is 7.98. The van der Waals surface area contributed by atoms with E-state index in [9.17, 15) is 14.7 Å². The summed E-state index contributed by atoms with van der Waals surface area (Å²) in [6, 6.07) is -0.724. The second-order valence-electron chi connectivity index (χ2n) is 5.87. The molecule has 0 bridgehead atoms. The minimum atomic E-state index is -0.755. The molecule has 1 aliphatic rings. The molecule has 1 amide bonds. The first kappa shape index (κ1) is 17.7. The molecule has 2 rings (SSSR count). The van der Waals surface area contributed by atoms with E-state index in [0.717, 1.165) is 0 Å². The van der Waals surface area contributed by atoms with Crippen LogP contribution in [0.3, 0.4) is 0 Å². The summed E-state index contributed by atoms with van der Waals surface area (Å²) < 4.78 is 0. The van der Waals surface area contributed by atoms with E-state index in [-0.39, 0.29) is 24.7 Å². The van der Waals surface area contributed by atoms with Gasteiger partial charge in [-0.25, -0.2) is 9.97 Å². The van der Waals surface area contributed by atoms with Crippen LogP contribution in [-0.2, 0) is 4.79 Å². The van der Waals surface area contributed by atoms with Crippen LogP contribution in [0.5, 0.6) is 0 Å². The van der Waals surface area contributed by atoms with Gasteiger partial charge in [0.05, 0.1) is 17.7 Å². The summed E-state index contributed by atoms with van der Waals surface area (Å²) in [6.07, 6.45) is 3.36. The number of hydrogen-bond donors (Lipinski definition) is 2. The van der Waals surface area contributed by atoms with Crippen molar-refractivity contribution in [1.29, 1.82) is 0 Å². The highest BCUT2D eigenvalue weighted by atomic mass is 32.2. The average Bonchev–Trinajstić information content (AvgIpc) is 2.54. The lowest BCUT2D eigenvalue weighted by Gasteiger charge is -2.45. The number of nitrogens with zero attached hydrogens (tertiary/aromatic N) is 3. The van der Waals surface area contributed by atoms with Crippen molar-refractivity contribution >= 4 is 36.7 Å². The van der Waals surface area contributed by atoms with E-state index in [1.165, 1.54) is 25.4 Å². The van der Waals surface area contributed by atoms with Crippen LogP contribution in [0.2, 0.25) is 6.82 Å². The van der Waals surface area contributed by atoms with Gasteiger partial charge in [-0.3, -0.25) is 9.59 Å². The van der Waals surface area contributed by atoms with Crippen LogP contribution >= 0.6 is 11.8 Å². The van der Waals surface area contributed by atoms with Gasteiger partial charge in [-0.2, -0.15) is 0 Å². The Hall–Kier alpha value is -1.61. The van der Waals surface area contributed by atoms with Crippen LogP contribution in [0.25, 0.3) is 0 Å². The third-order valence-corrected chi connectivity index (χ3v) is 4.34. The maximum atomic E-state index is 12.4. The first-order chi connectivity index (χ1) is 10.9. The van der Waals surface area contributed by atoms with E-state index in [1.807, 2.05) is 20.1 Å². The Kier molecular flexibility index (Phi) is 5.31. The van der Waals surface area contributed by atoms with Gasteiger partial charge in [-0.05, 0) is 20.1 Å². The Labute approximate surface area is 140 Å². The summed E-state index contributed by atoms with van der Waals surface area (Å²) in [5.74, 6) is -0.0675. The molecule has 0 spiro atoms. The maximum absolute atomic E-state index is 12.4. The predicted molar refractivity (Wildman–Crippen MR) is 90.0 cm³/mol. The van der Waals surface area contributed by atoms with E-state index in [2.05, 4.69) is 15.2 Å². The molecule has 1 unspecified atom stereocenters. The number of rotatable bonds is 5. The summed E-state index contributed by atoms with van der Waals surface area (Å²) in [6.45, 7) is 5.14. The molecule has 0 aromatic carbocycles. The number of aliphatic hydroxyl groups excluding tert-OH is 1. The fourth-order valence-corrected chi connectivity index (χ4v) is 2.93. The van der Waals surface area contributed by atoms with Crippen molar-refractivity contribution in [2.24, 2.45) is 0 Å². The number of carbonyl (C=O) groups is 2. The quantitative estimate of drug-likeness (QED) is 0.460. The zero-order chi connectivity index (χ0) is 17.2. The van der Waals surface area contributed by atoms with Gasteiger partial charge in [0.1, 0.15) is 11.9 Å². The summed E-state index contributed by atoms with van der Waals surface area (Å²) in [5, 5.41) is 12.9. The molecule has 0 aliphatic carbocycles. The van der Waals surface area contributed by atoms with Gasteiger partial charge in [0.2, 0.25) is 13.3 Å². The van der Waals surface area contributed by atoms with Gasteiger partial charge >= 0.3 is 0 Å². The molecule has 23 heavy (non-hydrogen) atoms. The van der Waals surface area contributed by atoms with Crippen molar-refractivity contribution in [3.63, 3.8) is 0 Å². The van der Waals surface area contributed by atoms with Crippen LogP contribution in [0.15, 0.2) is 11.4 Å². The van der Waals surface area contributed by atoms with Crippen LogP contribution in [0.1, 0.15) is 30.6 Å². The number of fused-ring (bicyclic) bond motifs is 1. The van der Waals surface area contributed by atoms with Crippen LogP contribution in [-0.4, -0.2) is 58.6 Å². The average molecular weight is 335 g/mol. The molecule has 2 heterocycles. The second kappa shape index (κ2) is 6.88. The van der Waals surface area contributed by atoms with Gasteiger partial charge < -0.3 is 15.2 Å². The van der Waals surface area contributed by atoms with Gasteiger partial charge in [0, 0.05) is 12.6 Å². The number of aliphatic hydroxyl groups is 1. The van der Waals surface area contributed by atoms with Crippen molar-refractivity contribution in [3.05, 3.63) is 11.8 Å². The lowest BCUT2D eigenvalue weighted by atomic mass is 9.89. The van der Waals surface area contributed by atoms with Crippen LogP contribution in [0, 0.1) is 0 Å². The fraction of sp³-hybridized carbons (Fsp3) is 0.571. The molecule has 7 nitrogen and oxygen atoms in total. The Morgan fingerprint density at radius 2 is 2.30 bits per heavy atom. The topological polar surface area (TPSA) is 95.4 Å². The molecule has 1 aromatic rings. The van der Waals surface area contributed by atoms with Crippen molar-refractivity contribution in [3.8, 4) is 0 Å². The Balaban J connectivity index is 2.59. The number of ketones is 1. The third-order valence-electron chi connectivity index (χ3n) is 3.78. The van der Waals surface area contributed by atoms with Crippen molar-refractivity contribution in [1.82, 2.24) is 15.2 Å². The predicted octanol–water partition coefficient (Wildman–Crippen LogP) is 0.514. The number of carbonyl (C=O) groups excluding carboxylic acids is 2. The highest BCUT2D eigenvalue weighted by Gasteiger charge is 2.43. The second-order valence-corrected chi connectivity index (χ2v) is 6.65. The fourth-order valence-electron chi connectivity index (χ4n) is 2.59. The third kappa shape index (κ3) is 3.35. The first-order valence-electron chi connectivity index (χ1n) is 7.28. The Morgan fingerprint density at radius 3 is 2.87 bits per heavy atom. The standard InChI is InChI=1S/C14H20BN4O3S/c1-14(2,7-20)19-9(12(22)18-15-3)5-10(21)8-6-16-13(23-4)17-11(8)19/h6,9,20H,5,7H2,1-4H3,(H,18,22). The minimum absolute atomic E-state index is 0.0259. The zero-order valence-corrected chi connectivity index (χ0v) is 14.5. The van der Waals surface area contributed by atoms with E-state index in [4.69, 9.17) is 0 Å². The number of Topliss-reactive ketones (excluding diaryl/α,β-unsaturated/α-hetero) is 1. The lowest BCUT2D eigenvalue weighted by Crippen LogP contribution is -2.61. The molecule has 0 saturated heterocycles. The molecule has 9 heteroatoms. The maximum Gasteiger partial charge on any atom is 0.242 e. The molecule has 0 saturated carbocycles. The SMILES string of the molecule is C[B]NC(=O)C1CC(=O)c2cnc(SC)nc2N1C(C)(C)CO. The van der Waals surface area contributed by atoms with E-state index in [1.54, 1.807) is 11.7 Å². The summed E-state index contributed by atoms with van der Waals surface area (Å²) in [7, 11) is 1.53. The largest absolute Gasteiger partial charge is 0.402 e. The Morgan fingerprint density at radius 1 is 1.61 bits per heavy atom. The number of aromatic nitrogens is 2. The summed E-state index contributed by atoms with van der Waals surface area (Å²) in [4.78, 5) is 35.1. The Bertz CT molecular complexity index is 626. The number of nitrogens with one attached hydrogen (secondary N) is 1. The van der Waals surface area contributed by atoms with Crippen molar-refractivity contribution < 1.29 is 14.7 Å². The number of anilines is 1. The number of hydrogen-bond acceptors (Lipinski definition) is 7. The molecule has 1 radical (unpaired) electrons. The molecular weight excluding hydrogens is 315 g/mol. The van der Waals surface area contributed by atoms with Crippen molar-refractivity contribution in [2.75, 3.05) is 17.8 Å². The molecule has 2 N–H and O–H groups in total. The van der Waals surface area contributed by atoms with E-state index < -0.39 is 11.6 Å². The molecule has 0 fully saturated rings. The van der Waals surface area contributed by atoms with Gasteiger partial charge in [-0.15, -0.1) is 0 Å². The molecule has 1 aliphatic heterocycles. The zero-order valence-electron chi connectivity index (χ0n) is 13.7. The number of amides is 1. The van der Waals surface area contributed by atoms with Crippen LogP contribution in [0.4, 0.5) is 5.82 Å². The smallest absolute Gasteiger partial charge is 0.242 e. The van der Waals surface area contributed by atoms with Gasteiger partial charge in [0.15, 0.2) is 10.9 Å². The normalized spacial score (nSPS) is 17.7. The highest BCUT2D eigenvalue weighted by Crippen LogP contribution is 2.35. The lowest BCUT2D eigenvalue weighted by molar-refractivity contribution is -0.121. The van der Waals surface area contributed by atoms with Crippen molar-refractivity contribution in [2.45, 2.75) is 43.8 Å². The monoisotopic (exact) mass is 335 g/mol. The van der Waals surface area contributed by atoms with E-state index >= 15 is 0 Å². The summed E-state index contributed by atoms with van der Waals surface area (Å²) >= 11 is 1.35. The minimum Gasteiger partial charge on any atom is -0.402 e. The number of thioether (sulfide) groups is 1. The molecular formula is C14H20BN4O3S. The van der Waals surface area contributed by atoms with E-state index in [0.29, 0.717) is 16.5 Å². The van der Waals surface area contributed by atoms with Gasteiger partial charge in [0.25, 0.3) is 0 Å². The molecule has 1 atom stereocenters. The summed E-state index contributed by atoms with van der Waals surface area (Å²) in [5.41, 5.74) is -0.372. The van der Waals surface area contributed by atoms with Crippen LogP contribution < -0.4 is 10.1 Å². The van der Waals surface area contributed by atoms with Gasteiger partial charge in [-0.1, -0.05) is 18.6 Å². The molecule has 123 valence electrons.